The van der Waals surface area contributed by atoms with Crippen LogP contribution in [0.25, 0.3) is 0 Å². The average Bonchev–Trinajstić information content (AvgIpc) is 2.83. The lowest BCUT2D eigenvalue weighted by molar-refractivity contribution is -0.216. The van der Waals surface area contributed by atoms with Crippen LogP contribution in [0.2, 0.25) is 0 Å². The summed E-state index contributed by atoms with van der Waals surface area (Å²) < 4.78 is 56.0. The smallest absolute Gasteiger partial charge is 0.416 e. The van der Waals surface area contributed by atoms with Crippen LogP contribution >= 0.6 is 0 Å². The van der Waals surface area contributed by atoms with Crippen molar-refractivity contribution >= 4 is 23.5 Å². The number of rotatable bonds is 8. The van der Waals surface area contributed by atoms with E-state index in [1.165, 1.54) is 44.9 Å². The topological polar surface area (TPSA) is 94.2 Å². The number of carbonyl (C=O) groups is 3. The quantitative estimate of drug-likeness (QED) is 0.528. The maximum Gasteiger partial charge on any atom is 0.416 e. The van der Waals surface area contributed by atoms with Crippen molar-refractivity contribution < 1.29 is 41.8 Å². The number of anilines is 1. The number of carbonyl (C=O) groups excluding carboxylic acids is 3. The molecule has 2 aromatic carbocycles. The monoisotopic (exact) mass is 522 g/mol. The van der Waals surface area contributed by atoms with Crippen LogP contribution in [0.5, 0.6) is 0 Å². The minimum absolute atomic E-state index is 0.0681. The fourth-order valence-electron chi connectivity index (χ4n) is 4.19. The maximum absolute atomic E-state index is 14.0. The standard InChI is InChI=1S/C26H29F3N2O6/c1-17(32)36-15-25(14-35-4)21(18-9-6-5-7-10-18)22(33)31(16-37-25)24(2,3)23(34)30-20-12-8-11-19(13-20)26(27,28)29/h5-13,21H,14-16H2,1-4H3,(H,30,34). The highest BCUT2D eigenvalue weighted by Gasteiger charge is 2.55. The summed E-state index contributed by atoms with van der Waals surface area (Å²) in [7, 11) is 1.42. The Morgan fingerprint density at radius 1 is 1.11 bits per heavy atom. The molecule has 0 aromatic heterocycles. The molecule has 0 radical (unpaired) electrons. The van der Waals surface area contributed by atoms with Gasteiger partial charge >= 0.3 is 12.1 Å². The number of methoxy groups -OCH3 is 1. The summed E-state index contributed by atoms with van der Waals surface area (Å²) in [6.45, 7) is 3.46. The van der Waals surface area contributed by atoms with Gasteiger partial charge in [0.1, 0.15) is 24.5 Å². The molecule has 1 aliphatic heterocycles. The normalized spacial score (nSPS) is 20.5. The lowest BCUT2D eigenvalue weighted by Gasteiger charge is -2.50. The first kappa shape index (κ1) is 28.1. The second-order valence-corrected chi connectivity index (χ2v) is 9.25. The van der Waals surface area contributed by atoms with Gasteiger partial charge in [0.15, 0.2) is 0 Å². The molecule has 3 rings (SSSR count). The lowest BCUT2D eigenvalue weighted by atomic mass is 9.79. The largest absolute Gasteiger partial charge is 0.463 e. The molecule has 1 saturated heterocycles. The van der Waals surface area contributed by atoms with Crippen molar-refractivity contribution in [3.05, 3.63) is 65.7 Å². The molecule has 8 nitrogen and oxygen atoms in total. The second kappa shape index (κ2) is 10.9. The van der Waals surface area contributed by atoms with Crippen molar-refractivity contribution in [3.63, 3.8) is 0 Å². The Kier molecular flexibility index (Phi) is 8.28. The average molecular weight is 523 g/mol. The molecule has 1 aliphatic rings. The van der Waals surface area contributed by atoms with E-state index in [2.05, 4.69) is 5.32 Å². The summed E-state index contributed by atoms with van der Waals surface area (Å²) in [5, 5.41) is 2.47. The third kappa shape index (κ3) is 6.11. The molecule has 2 aromatic rings. The minimum atomic E-state index is -4.58. The van der Waals surface area contributed by atoms with Gasteiger partial charge in [0.2, 0.25) is 11.8 Å². The molecular weight excluding hydrogens is 493 g/mol. The highest BCUT2D eigenvalue weighted by atomic mass is 19.4. The zero-order valence-electron chi connectivity index (χ0n) is 20.9. The van der Waals surface area contributed by atoms with E-state index < -0.39 is 46.6 Å². The molecule has 0 aliphatic carbocycles. The van der Waals surface area contributed by atoms with Crippen LogP contribution in [-0.4, -0.2) is 60.9 Å². The molecule has 37 heavy (non-hydrogen) atoms. The first-order chi connectivity index (χ1) is 17.3. The number of ether oxygens (including phenoxy) is 3. The summed E-state index contributed by atoms with van der Waals surface area (Å²) >= 11 is 0. The number of amides is 2. The fraction of sp³-hybridized carbons (Fsp3) is 0.423. The number of hydrogen-bond donors (Lipinski definition) is 1. The maximum atomic E-state index is 14.0. The zero-order valence-corrected chi connectivity index (χ0v) is 20.9. The van der Waals surface area contributed by atoms with E-state index in [1.54, 1.807) is 30.3 Å². The van der Waals surface area contributed by atoms with Gasteiger partial charge in [-0.3, -0.25) is 14.4 Å². The number of alkyl halides is 3. The summed E-state index contributed by atoms with van der Waals surface area (Å²) in [4.78, 5) is 40.0. The van der Waals surface area contributed by atoms with Gasteiger partial charge in [-0.2, -0.15) is 13.2 Å². The molecule has 2 atom stereocenters. The van der Waals surface area contributed by atoms with Crippen molar-refractivity contribution in [2.45, 2.75) is 44.0 Å². The van der Waals surface area contributed by atoms with Crippen LogP contribution < -0.4 is 5.32 Å². The number of halogens is 3. The van der Waals surface area contributed by atoms with E-state index in [1.807, 2.05) is 0 Å². The van der Waals surface area contributed by atoms with Gasteiger partial charge in [0.25, 0.3) is 0 Å². The summed E-state index contributed by atoms with van der Waals surface area (Å²) in [6, 6.07) is 12.9. The van der Waals surface area contributed by atoms with Gasteiger partial charge in [0.05, 0.1) is 18.1 Å². The number of benzene rings is 2. The third-order valence-electron chi connectivity index (χ3n) is 6.24. The van der Waals surface area contributed by atoms with Crippen LogP contribution in [-0.2, 0) is 34.8 Å². The van der Waals surface area contributed by atoms with Gasteiger partial charge < -0.3 is 24.4 Å². The molecule has 0 saturated carbocycles. The summed E-state index contributed by atoms with van der Waals surface area (Å²) in [5.41, 5.74) is -3.33. The van der Waals surface area contributed by atoms with Crippen LogP contribution in [0.1, 0.15) is 37.8 Å². The van der Waals surface area contributed by atoms with Gasteiger partial charge in [-0.05, 0) is 37.6 Å². The predicted octanol–water partition coefficient (Wildman–Crippen LogP) is 3.97. The summed E-state index contributed by atoms with van der Waals surface area (Å²) in [6.07, 6.45) is -4.58. The van der Waals surface area contributed by atoms with E-state index in [9.17, 15) is 27.6 Å². The molecule has 0 bridgehead atoms. The van der Waals surface area contributed by atoms with Gasteiger partial charge in [0, 0.05) is 19.7 Å². The highest BCUT2D eigenvalue weighted by molar-refractivity contribution is 6.01. The Morgan fingerprint density at radius 3 is 2.38 bits per heavy atom. The van der Waals surface area contributed by atoms with Crippen LogP contribution in [0, 0.1) is 0 Å². The molecule has 11 heteroatoms. The van der Waals surface area contributed by atoms with E-state index in [0.29, 0.717) is 5.56 Å². The highest BCUT2D eigenvalue weighted by Crippen LogP contribution is 2.40. The number of hydrogen-bond acceptors (Lipinski definition) is 6. The molecule has 1 heterocycles. The van der Waals surface area contributed by atoms with Gasteiger partial charge in [-0.15, -0.1) is 0 Å². The van der Waals surface area contributed by atoms with Crippen LogP contribution in [0.15, 0.2) is 54.6 Å². The molecule has 0 spiro atoms. The lowest BCUT2D eigenvalue weighted by Crippen LogP contribution is -2.66. The molecule has 200 valence electrons. The van der Waals surface area contributed by atoms with Crippen molar-refractivity contribution in [2.24, 2.45) is 0 Å². The first-order valence-electron chi connectivity index (χ1n) is 11.4. The van der Waals surface area contributed by atoms with Crippen molar-refractivity contribution in [1.82, 2.24) is 4.90 Å². The van der Waals surface area contributed by atoms with Crippen LogP contribution in [0.4, 0.5) is 18.9 Å². The molecule has 2 amide bonds. The molecular formula is C26H29F3N2O6. The SMILES string of the molecule is COCC1(COC(C)=O)OCN(C(C)(C)C(=O)Nc2cccc(C(F)(F)F)c2)C(=O)C1c1ccccc1. The van der Waals surface area contributed by atoms with E-state index in [0.717, 1.165) is 12.1 Å². The van der Waals surface area contributed by atoms with Gasteiger partial charge in [-0.25, -0.2) is 0 Å². The number of nitrogens with one attached hydrogen (secondary N) is 1. The van der Waals surface area contributed by atoms with E-state index in [-0.39, 0.29) is 25.6 Å². The number of esters is 1. The van der Waals surface area contributed by atoms with Crippen molar-refractivity contribution in [1.29, 1.82) is 0 Å². The summed E-state index contributed by atoms with van der Waals surface area (Å²) in [5.74, 6) is -2.79. The van der Waals surface area contributed by atoms with Crippen LogP contribution in [0.3, 0.4) is 0 Å². The third-order valence-corrected chi connectivity index (χ3v) is 6.24. The predicted molar refractivity (Wildman–Crippen MR) is 127 cm³/mol. The Bertz CT molecular complexity index is 1140. The molecule has 1 N–H and O–H groups in total. The molecule has 2 unspecified atom stereocenters. The van der Waals surface area contributed by atoms with E-state index >= 15 is 0 Å². The number of nitrogens with zero attached hydrogens (tertiary/aromatic N) is 1. The minimum Gasteiger partial charge on any atom is -0.463 e. The van der Waals surface area contributed by atoms with Gasteiger partial charge in [-0.1, -0.05) is 36.4 Å². The zero-order chi connectivity index (χ0) is 27.4. The van der Waals surface area contributed by atoms with Crippen molar-refractivity contribution in [2.75, 3.05) is 32.4 Å². The Morgan fingerprint density at radius 2 is 1.78 bits per heavy atom. The Balaban J connectivity index is 1.94. The second-order valence-electron chi connectivity index (χ2n) is 9.25. The van der Waals surface area contributed by atoms with Crippen molar-refractivity contribution in [3.8, 4) is 0 Å². The Labute approximate surface area is 212 Å². The Hall–Kier alpha value is -3.44. The van der Waals surface area contributed by atoms with E-state index in [4.69, 9.17) is 14.2 Å². The first-order valence-corrected chi connectivity index (χ1v) is 11.4. The fourth-order valence-corrected chi connectivity index (χ4v) is 4.19. The molecule has 1 fully saturated rings.